The van der Waals surface area contributed by atoms with E-state index in [9.17, 15) is 10.4 Å². The van der Waals surface area contributed by atoms with Crippen molar-refractivity contribution in [2.45, 2.75) is 76.6 Å². The van der Waals surface area contributed by atoms with Crippen molar-refractivity contribution in [2.75, 3.05) is 13.2 Å². The molecule has 1 aliphatic heterocycles. The molecule has 5 aliphatic rings. The Morgan fingerprint density at radius 3 is 2.54 bits per heavy atom. The van der Waals surface area contributed by atoms with Crippen LogP contribution in [0.5, 0.6) is 0 Å². The molecular weight excluding hydrogens is 326 g/mol. The summed E-state index contributed by atoms with van der Waals surface area (Å²) in [6.07, 6.45) is 10.4. The molecule has 142 valence electrons. The molecule has 1 heterocycles. The van der Waals surface area contributed by atoms with Gasteiger partial charge in [-0.2, -0.15) is 5.26 Å². The summed E-state index contributed by atoms with van der Waals surface area (Å²) in [5, 5.41) is 20.6. The smallest absolute Gasteiger partial charge is 0.172 e. The normalized spacial score (nSPS) is 51.9. The summed E-state index contributed by atoms with van der Waals surface area (Å²) < 4.78 is 12.0. The largest absolute Gasteiger partial charge is 0.375 e. The second kappa shape index (κ2) is 5.34. The van der Waals surface area contributed by atoms with Gasteiger partial charge in [0.2, 0.25) is 0 Å². The van der Waals surface area contributed by atoms with Crippen LogP contribution in [0.25, 0.3) is 0 Å². The van der Waals surface area contributed by atoms with E-state index in [4.69, 9.17) is 9.47 Å². The van der Waals surface area contributed by atoms with Crippen molar-refractivity contribution in [2.24, 2.45) is 28.6 Å². The van der Waals surface area contributed by atoms with E-state index in [1.807, 2.05) is 0 Å². The van der Waals surface area contributed by atoms with Crippen LogP contribution >= 0.6 is 0 Å². The molecule has 0 bridgehead atoms. The quantitative estimate of drug-likeness (QED) is 0.527. The van der Waals surface area contributed by atoms with Crippen LogP contribution in [0.4, 0.5) is 0 Å². The minimum Gasteiger partial charge on any atom is -0.375 e. The zero-order valence-electron chi connectivity index (χ0n) is 16.1. The lowest BCUT2D eigenvalue weighted by Gasteiger charge is -2.59. The molecule has 3 saturated carbocycles. The van der Waals surface area contributed by atoms with Crippen LogP contribution < -0.4 is 0 Å². The highest BCUT2D eigenvalue weighted by Crippen LogP contribution is 2.67. The fraction of sp³-hybridized carbons (Fsp3) is 0.864. The van der Waals surface area contributed by atoms with Gasteiger partial charge in [0.15, 0.2) is 11.4 Å². The summed E-state index contributed by atoms with van der Waals surface area (Å²) >= 11 is 0. The molecule has 5 rings (SSSR count). The third-order valence-electron chi connectivity index (χ3n) is 9.26. The van der Waals surface area contributed by atoms with E-state index < -0.39 is 5.60 Å². The van der Waals surface area contributed by atoms with Crippen LogP contribution in [0.15, 0.2) is 11.6 Å². The SMILES string of the molecule is C[C@]12CCC3(CC1=CCC1C2CC[C@@]2(C)C1CC[C@@]2(O)C#N)OCCO3. The van der Waals surface area contributed by atoms with Gasteiger partial charge in [-0.1, -0.05) is 25.5 Å². The van der Waals surface area contributed by atoms with Crippen LogP contribution in [-0.2, 0) is 9.47 Å². The molecule has 3 unspecified atom stereocenters. The first-order valence-corrected chi connectivity index (χ1v) is 10.5. The molecule has 0 aromatic heterocycles. The molecule has 26 heavy (non-hydrogen) atoms. The maximum atomic E-state index is 11.0. The van der Waals surface area contributed by atoms with Gasteiger partial charge >= 0.3 is 0 Å². The predicted molar refractivity (Wildman–Crippen MR) is 96.9 cm³/mol. The number of aliphatic hydroxyl groups is 1. The molecule has 1 N–H and O–H groups in total. The van der Waals surface area contributed by atoms with Crippen LogP contribution in [0, 0.1) is 39.9 Å². The summed E-state index contributed by atoms with van der Waals surface area (Å²) in [4.78, 5) is 0. The van der Waals surface area contributed by atoms with Gasteiger partial charge in [0.25, 0.3) is 0 Å². The fourth-order valence-corrected chi connectivity index (χ4v) is 7.55. The molecule has 4 heteroatoms. The van der Waals surface area contributed by atoms with E-state index in [1.165, 1.54) is 0 Å². The van der Waals surface area contributed by atoms with E-state index in [1.54, 1.807) is 5.57 Å². The Labute approximate surface area is 156 Å². The molecule has 1 saturated heterocycles. The van der Waals surface area contributed by atoms with Crippen molar-refractivity contribution < 1.29 is 14.6 Å². The van der Waals surface area contributed by atoms with E-state index in [0.717, 1.165) is 58.2 Å². The topological polar surface area (TPSA) is 62.5 Å². The van der Waals surface area contributed by atoms with Crippen molar-refractivity contribution >= 4 is 0 Å². The third kappa shape index (κ3) is 2.00. The van der Waals surface area contributed by atoms with Crippen molar-refractivity contribution in [3.63, 3.8) is 0 Å². The number of hydrogen-bond acceptors (Lipinski definition) is 4. The number of hydrogen-bond donors (Lipinski definition) is 1. The first-order chi connectivity index (χ1) is 12.4. The van der Waals surface area contributed by atoms with Crippen LogP contribution in [0.1, 0.15) is 65.2 Å². The molecule has 4 aliphatic carbocycles. The maximum Gasteiger partial charge on any atom is 0.172 e. The molecule has 4 nitrogen and oxygen atoms in total. The number of fused-ring (bicyclic) bond motifs is 5. The van der Waals surface area contributed by atoms with Gasteiger partial charge in [-0.15, -0.1) is 0 Å². The molecule has 1 spiro atoms. The number of nitriles is 1. The highest BCUT2D eigenvalue weighted by molar-refractivity contribution is 5.28. The van der Waals surface area contributed by atoms with Gasteiger partial charge in [0.1, 0.15) is 0 Å². The Kier molecular flexibility index (Phi) is 3.54. The highest BCUT2D eigenvalue weighted by atomic mass is 16.7. The van der Waals surface area contributed by atoms with Crippen LogP contribution in [-0.4, -0.2) is 29.7 Å². The standard InChI is InChI=1S/C22H31NO3/c1-19-9-10-22(25-11-12-26-22)13-15(19)3-4-16-17(19)5-7-20(2)18(16)6-8-21(20,24)14-23/h3,16-18,24H,4-13H2,1-2H3/t16?,17?,18?,19-,20-,21+/m0/s1. The maximum absolute atomic E-state index is 11.0. The van der Waals surface area contributed by atoms with E-state index in [-0.39, 0.29) is 16.6 Å². The lowest BCUT2D eigenvalue weighted by Crippen LogP contribution is -2.55. The predicted octanol–water partition coefficient (Wildman–Crippen LogP) is 3.95. The Bertz CT molecular complexity index is 690. The zero-order valence-corrected chi connectivity index (χ0v) is 16.1. The Morgan fingerprint density at radius 1 is 1.08 bits per heavy atom. The minimum atomic E-state index is -1.13. The van der Waals surface area contributed by atoms with Gasteiger partial charge in [-0.05, 0) is 61.7 Å². The summed E-state index contributed by atoms with van der Waals surface area (Å²) in [6.45, 7) is 6.10. The lowest BCUT2D eigenvalue weighted by atomic mass is 9.47. The highest BCUT2D eigenvalue weighted by Gasteiger charge is 2.64. The Hall–Kier alpha value is -0.890. The minimum absolute atomic E-state index is 0.234. The van der Waals surface area contributed by atoms with Crippen LogP contribution in [0.2, 0.25) is 0 Å². The molecule has 0 aromatic carbocycles. The number of rotatable bonds is 0. The summed E-state index contributed by atoms with van der Waals surface area (Å²) in [5.74, 6) is 1.38. The number of ether oxygens (including phenoxy) is 2. The van der Waals surface area contributed by atoms with Gasteiger partial charge in [0.05, 0.1) is 19.3 Å². The zero-order chi connectivity index (χ0) is 18.2. The monoisotopic (exact) mass is 357 g/mol. The van der Waals surface area contributed by atoms with E-state index in [0.29, 0.717) is 24.2 Å². The second-order valence-corrected chi connectivity index (χ2v) is 10.0. The van der Waals surface area contributed by atoms with Gasteiger partial charge in [-0.3, -0.25) is 0 Å². The fourth-order valence-electron chi connectivity index (χ4n) is 7.55. The molecule has 4 fully saturated rings. The van der Waals surface area contributed by atoms with Crippen molar-refractivity contribution in [3.05, 3.63) is 11.6 Å². The average Bonchev–Trinajstić information content (AvgIpc) is 3.19. The van der Waals surface area contributed by atoms with E-state index in [2.05, 4.69) is 26.0 Å². The summed E-state index contributed by atoms with van der Waals surface area (Å²) in [5.41, 5.74) is 0.412. The Balaban J connectivity index is 1.47. The lowest BCUT2D eigenvalue weighted by molar-refractivity contribution is -0.186. The first kappa shape index (κ1) is 17.2. The third-order valence-corrected chi connectivity index (χ3v) is 9.26. The van der Waals surface area contributed by atoms with Gasteiger partial charge in [0, 0.05) is 18.3 Å². The Morgan fingerprint density at radius 2 is 1.81 bits per heavy atom. The number of allylic oxidation sites excluding steroid dienone is 1. The van der Waals surface area contributed by atoms with Crippen molar-refractivity contribution in [1.29, 1.82) is 5.26 Å². The van der Waals surface area contributed by atoms with Crippen LogP contribution in [0.3, 0.4) is 0 Å². The number of nitrogens with zero attached hydrogens (tertiary/aromatic N) is 1. The molecule has 0 amide bonds. The summed E-state index contributed by atoms with van der Waals surface area (Å²) in [6, 6.07) is 2.28. The molecule has 0 aromatic rings. The molecule has 6 atom stereocenters. The first-order valence-electron chi connectivity index (χ1n) is 10.5. The second-order valence-electron chi connectivity index (χ2n) is 10.0. The van der Waals surface area contributed by atoms with Gasteiger partial charge < -0.3 is 14.6 Å². The molecular formula is C22H31NO3. The van der Waals surface area contributed by atoms with Gasteiger partial charge in [-0.25, -0.2) is 0 Å². The van der Waals surface area contributed by atoms with Crippen molar-refractivity contribution in [3.8, 4) is 6.07 Å². The average molecular weight is 357 g/mol. The van der Waals surface area contributed by atoms with E-state index >= 15 is 0 Å². The van der Waals surface area contributed by atoms with Crippen molar-refractivity contribution in [1.82, 2.24) is 0 Å². The summed E-state index contributed by atoms with van der Waals surface area (Å²) in [7, 11) is 0. The molecule has 0 radical (unpaired) electrons.